The largest absolute Gasteiger partial charge is 0.322 e. The van der Waals surface area contributed by atoms with Gasteiger partial charge in [-0.1, -0.05) is 60.3 Å². The van der Waals surface area contributed by atoms with Crippen molar-refractivity contribution in [3.8, 4) is 0 Å². The number of thioether (sulfide) groups is 1. The molecule has 30 heavy (non-hydrogen) atoms. The Kier molecular flexibility index (Phi) is 6.24. The fraction of sp³-hybridized carbons (Fsp3) is 0.273. The van der Waals surface area contributed by atoms with Gasteiger partial charge in [0.05, 0.1) is 23.3 Å². The van der Waals surface area contributed by atoms with Gasteiger partial charge in [0.1, 0.15) is 0 Å². The Bertz CT molecular complexity index is 1100. The normalized spacial score (nSPS) is 17.7. The number of nitrogens with zero attached hydrogens (tertiary/aromatic N) is 3. The lowest BCUT2D eigenvalue weighted by Gasteiger charge is -2.28. The molecule has 1 aliphatic rings. The first-order valence-electron chi connectivity index (χ1n) is 9.77. The Balaban J connectivity index is 1.48. The van der Waals surface area contributed by atoms with Gasteiger partial charge in [-0.05, 0) is 24.1 Å². The molecule has 156 valence electrons. The van der Waals surface area contributed by atoms with Crippen LogP contribution in [0.15, 0.2) is 78.2 Å². The Morgan fingerprint density at radius 1 is 1.10 bits per heavy atom. The molecular weight excluding hydrogens is 418 g/mol. The van der Waals surface area contributed by atoms with Crippen LogP contribution >= 0.6 is 11.8 Å². The summed E-state index contributed by atoms with van der Waals surface area (Å²) >= 11 is 1.37. The maximum Gasteiger partial charge on any atom is 0.237 e. The van der Waals surface area contributed by atoms with E-state index >= 15 is 0 Å². The summed E-state index contributed by atoms with van der Waals surface area (Å²) in [7, 11) is -3.10. The Labute approximate surface area is 180 Å². The molecule has 0 radical (unpaired) electrons. The van der Waals surface area contributed by atoms with Crippen molar-refractivity contribution in [2.24, 2.45) is 0 Å². The fourth-order valence-electron chi connectivity index (χ4n) is 3.66. The number of benzene rings is 2. The van der Waals surface area contributed by atoms with E-state index in [0.717, 1.165) is 16.4 Å². The number of rotatable bonds is 7. The number of amides is 1. The first-order chi connectivity index (χ1) is 14.5. The van der Waals surface area contributed by atoms with Crippen LogP contribution in [0, 0.1) is 0 Å². The van der Waals surface area contributed by atoms with Gasteiger partial charge in [0.2, 0.25) is 5.91 Å². The number of aromatic nitrogens is 2. The quantitative estimate of drug-likeness (QED) is 0.527. The summed E-state index contributed by atoms with van der Waals surface area (Å²) < 4.78 is 26.0. The molecule has 0 N–H and O–H groups in total. The molecule has 1 atom stereocenters. The molecule has 2 heterocycles. The maximum absolute atomic E-state index is 13.2. The molecule has 0 unspecified atom stereocenters. The number of anilines is 1. The van der Waals surface area contributed by atoms with Gasteiger partial charge in [0.25, 0.3) is 0 Å². The van der Waals surface area contributed by atoms with E-state index in [-0.39, 0.29) is 29.2 Å². The monoisotopic (exact) mass is 441 g/mol. The van der Waals surface area contributed by atoms with Crippen molar-refractivity contribution in [3.05, 3.63) is 78.6 Å². The molecule has 1 fully saturated rings. The van der Waals surface area contributed by atoms with Crippen LogP contribution in [-0.2, 0) is 21.2 Å². The minimum absolute atomic E-state index is 0.0148. The Morgan fingerprint density at radius 2 is 1.80 bits per heavy atom. The van der Waals surface area contributed by atoms with E-state index in [1.54, 1.807) is 11.1 Å². The van der Waals surface area contributed by atoms with Gasteiger partial charge >= 0.3 is 0 Å². The molecule has 1 amide bonds. The Morgan fingerprint density at radius 3 is 2.47 bits per heavy atom. The molecular formula is C22H23N3O3S2. The van der Waals surface area contributed by atoms with Crippen LogP contribution in [0.2, 0.25) is 0 Å². The van der Waals surface area contributed by atoms with Crippen molar-refractivity contribution in [3.63, 3.8) is 0 Å². The summed E-state index contributed by atoms with van der Waals surface area (Å²) in [6, 6.07) is 19.1. The molecule has 1 saturated heterocycles. The van der Waals surface area contributed by atoms with E-state index in [1.807, 2.05) is 59.3 Å². The number of imidazole rings is 1. The number of sulfone groups is 1. The van der Waals surface area contributed by atoms with E-state index in [9.17, 15) is 13.2 Å². The smallest absolute Gasteiger partial charge is 0.237 e. The zero-order chi connectivity index (χ0) is 21.0. The number of hydrogen-bond acceptors (Lipinski definition) is 5. The fourth-order valence-corrected chi connectivity index (χ4v) is 6.18. The molecule has 8 heteroatoms. The van der Waals surface area contributed by atoms with Gasteiger partial charge in [0.15, 0.2) is 15.0 Å². The van der Waals surface area contributed by atoms with Crippen LogP contribution in [0.1, 0.15) is 12.0 Å². The van der Waals surface area contributed by atoms with Crippen molar-refractivity contribution >= 4 is 33.2 Å². The first-order valence-corrected chi connectivity index (χ1v) is 12.6. The molecule has 2 aromatic carbocycles. The highest BCUT2D eigenvalue weighted by molar-refractivity contribution is 7.99. The van der Waals surface area contributed by atoms with Crippen LogP contribution < -0.4 is 4.90 Å². The van der Waals surface area contributed by atoms with Gasteiger partial charge in [0, 0.05) is 24.6 Å². The van der Waals surface area contributed by atoms with Crippen molar-refractivity contribution in [1.29, 1.82) is 0 Å². The molecule has 0 bridgehead atoms. The summed E-state index contributed by atoms with van der Waals surface area (Å²) in [6.07, 6.45) is 4.10. The van der Waals surface area contributed by atoms with Crippen molar-refractivity contribution in [2.45, 2.75) is 24.2 Å². The second-order valence-corrected chi connectivity index (χ2v) is 10.4. The highest BCUT2D eigenvalue weighted by Crippen LogP contribution is 2.26. The topological polar surface area (TPSA) is 72.3 Å². The molecule has 0 spiro atoms. The third-order valence-electron chi connectivity index (χ3n) is 5.07. The number of para-hydroxylation sites is 1. The first kappa shape index (κ1) is 20.7. The average Bonchev–Trinajstić information content (AvgIpc) is 3.34. The predicted molar refractivity (Wildman–Crippen MR) is 119 cm³/mol. The zero-order valence-electron chi connectivity index (χ0n) is 16.4. The molecule has 1 aliphatic heterocycles. The van der Waals surface area contributed by atoms with Gasteiger partial charge in [-0.15, -0.1) is 0 Å². The van der Waals surface area contributed by atoms with Crippen LogP contribution in [0.5, 0.6) is 0 Å². The number of hydrogen-bond donors (Lipinski definition) is 0. The number of carbonyl (C=O) groups is 1. The van der Waals surface area contributed by atoms with Crippen LogP contribution in [0.25, 0.3) is 0 Å². The lowest BCUT2D eigenvalue weighted by atomic mass is 10.2. The van der Waals surface area contributed by atoms with E-state index in [0.29, 0.717) is 13.0 Å². The molecule has 0 aliphatic carbocycles. The van der Waals surface area contributed by atoms with E-state index < -0.39 is 9.84 Å². The standard InChI is InChI=1S/C22H23N3O3S2/c26-21(16-29-22-23-12-13-24(22)15-18-7-3-1-4-8-18)25(19-9-5-2-6-10-19)20-11-14-30(27,28)17-20/h1-10,12-13,20H,11,14-17H2/t20-/m0/s1. The highest BCUT2D eigenvalue weighted by Gasteiger charge is 2.35. The lowest BCUT2D eigenvalue weighted by Crippen LogP contribution is -2.42. The van der Waals surface area contributed by atoms with Gasteiger partial charge in [-0.25, -0.2) is 13.4 Å². The van der Waals surface area contributed by atoms with E-state index in [4.69, 9.17) is 0 Å². The molecule has 0 saturated carbocycles. The second kappa shape index (κ2) is 9.06. The number of carbonyl (C=O) groups excluding carboxylic acids is 1. The van der Waals surface area contributed by atoms with Gasteiger partial charge in [-0.2, -0.15) is 0 Å². The van der Waals surface area contributed by atoms with Crippen molar-refractivity contribution in [2.75, 3.05) is 22.2 Å². The SMILES string of the molecule is O=C(CSc1nccn1Cc1ccccc1)N(c1ccccc1)[C@H]1CCS(=O)(=O)C1. The van der Waals surface area contributed by atoms with E-state index in [1.165, 1.54) is 11.8 Å². The predicted octanol–water partition coefficient (Wildman–Crippen LogP) is 3.24. The van der Waals surface area contributed by atoms with Crippen molar-refractivity contribution in [1.82, 2.24) is 9.55 Å². The third kappa shape index (κ3) is 4.94. The second-order valence-electron chi connectivity index (χ2n) is 7.27. The minimum atomic E-state index is -3.10. The maximum atomic E-state index is 13.2. The molecule has 6 nitrogen and oxygen atoms in total. The molecule has 3 aromatic rings. The Hall–Kier alpha value is -2.58. The average molecular weight is 442 g/mol. The highest BCUT2D eigenvalue weighted by atomic mass is 32.2. The van der Waals surface area contributed by atoms with Gasteiger partial charge in [-0.3, -0.25) is 4.79 Å². The van der Waals surface area contributed by atoms with Crippen LogP contribution in [0.4, 0.5) is 5.69 Å². The summed E-state index contributed by atoms with van der Waals surface area (Å²) in [4.78, 5) is 19.2. The zero-order valence-corrected chi connectivity index (χ0v) is 18.1. The van der Waals surface area contributed by atoms with Gasteiger partial charge < -0.3 is 9.47 Å². The third-order valence-corrected chi connectivity index (χ3v) is 7.81. The van der Waals surface area contributed by atoms with E-state index in [2.05, 4.69) is 17.1 Å². The minimum Gasteiger partial charge on any atom is -0.322 e. The summed E-state index contributed by atoms with van der Waals surface area (Å²) in [5.74, 6) is 0.226. The van der Waals surface area contributed by atoms with Crippen LogP contribution in [-0.4, -0.2) is 47.2 Å². The molecule has 1 aromatic heterocycles. The summed E-state index contributed by atoms with van der Waals surface area (Å²) in [5, 5.41) is 0.763. The summed E-state index contributed by atoms with van der Waals surface area (Å²) in [6.45, 7) is 0.681. The molecule has 4 rings (SSSR count). The lowest BCUT2D eigenvalue weighted by molar-refractivity contribution is -0.116. The van der Waals surface area contributed by atoms with Crippen molar-refractivity contribution < 1.29 is 13.2 Å². The van der Waals surface area contributed by atoms with Crippen LogP contribution in [0.3, 0.4) is 0 Å². The summed E-state index contributed by atoms with van der Waals surface area (Å²) in [5.41, 5.74) is 1.89.